The molecule has 0 aliphatic heterocycles. The van der Waals surface area contributed by atoms with E-state index in [1.54, 1.807) is 0 Å². The summed E-state index contributed by atoms with van der Waals surface area (Å²) in [5, 5.41) is 3.31. The van der Waals surface area contributed by atoms with Crippen molar-refractivity contribution in [1.82, 2.24) is 5.32 Å². The van der Waals surface area contributed by atoms with Crippen LogP contribution < -0.4 is 10.1 Å². The second-order valence-electron chi connectivity index (χ2n) is 4.97. The molecule has 0 radical (unpaired) electrons. The van der Waals surface area contributed by atoms with Crippen LogP contribution in [-0.4, -0.2) is 25.7 Å². The topological polar surface area (TPSA) is 47.6 Å². The minimum absolute atomic E-state index is 0.282. The van der Waals surface area contributed by atoms with Crippen molar-refractivity contribution in [1.29, 1.82) is 0 Å². The fraction of sp³-hybridized carbons (Fsp3) is 0.562. The molecule has 0 saturated heterocycles. The highest BCUT2D eigenvalue weighted by Gasteiger charge is 2.26. The van der Waals surface area contributed by atoms with Gasteiger partial charge in [0.25, 0.3) is 0 Å². The molecule has 1 N–H and O–H groups in total. The van der Waals surface area contributed by atoms with E-state index in [9.17, 15) is 4.79 Å². The zero-order valence-electron chi connectivity index (χ0n) is 12.4. The van der Waals surface area contributed by atoms with Crippen LogP contribution in [0.2, 0.25) is 0 Å². The Bertz CT molecular complexity index is 473. The molecule has 4 heteroatoms. The number of carbonyl (C=O) groups is 1. The smallest absolute Gasteiger partial charge is 0.347 e. The molecule has 2 rings (SSSR count). The molecule has 2 atom stereocenters. The van der Waals surface area contributed by atoms with Gasteiger partial charge in [0.2, 0.25) is 0 Å². The predicted molar refractivity (Wildman–Crippen MR) is 77.9 cm³/mol. The summed E-state index contributed by atoms with van der Waals surface area (Å²) >= 11 is 0. The molecule has 0 heterocycles. The number of nitrogens with one attached hydrogen (secondary N) is 1. The van der Waals surface area contributed by atoms with Crippen LogP contribution in [0.1, 0.15) is 43.9 Å². The zero-order valence-corrected chi connectivity index (χ0v) is 12.4. The first-order valence-electron chi connectivity index (χ1n) is 7.33. The summed E-state index contributed by atoms with van der Waals surface area (Å²) in [6.07, 6.45) is 2.14. The van der Waals surface area contributed by atoms with Gasteiger partial charge in [0.15, 0.2) is 6.10 Å². The van der Waals surface area contributed by atoms with Gasteiger partial charge in [0, 0.05) is 6.04 Å². The fourth-order valence-electron chi connectivity index (χ4n) is 2.72. The summed E-state index contributed by atoms with van der Waals surface area (Å²) < 4.78 is 11.0. The van der Waals surface area contributed by atoms with Crippen LogP contribution >= 0.6 is 0 Å². The monoisotopic (exact) mass is 277 g/mol. The van der Waals surface area contributed by atoms with Crippen LogP contribution in [0.5, 0.6) is 5.75 Å². The summed E-state index contributed by atoms with van der Waals surface area (Å²) in [4.78, 5) is 11.8. The van der Waals surface area contributed by atoms with Crippen LogP contribution in [0.4, 0.5) is 0 Å². The molecule has 0 saturated carbocycles. The lowest BCUT2D eigenvalue weighted by molar-refractivity contribution is -0.151. The maximum Gasteiger partial charge on any atom is 0.347 e. The number of carbonyl (C=O) groups excluding carboxylic acids is 1. The highest BCUT2D eigenvalue weighted by Crippen LogP contribution is 2.37. The Hall–Kier alpha value is -1.55. The number of hydrogen-bond donors (Lipinski definition) is 1. The minimum Gasteiger partial charge on any atom is -0.478 e. The molecule has 1 aliphatic carbocycles. The van der Waals surface area contributed by atoms with Crippen molar-refractivity contribution < 1.29 is 14.3 Å². The average Bonchev–Trinajstić information content (AvgIpc) is 2.88. The normalized spacial score (nSPS) is 18.4. The summed E-state index contributed by atoms with van der Waals surface area (Å²) in [5.41, 5.74) is 2.50. The van der Waals surface area contributed by atoms with E-state index in [0.717, 1.165) is 18.6 Å². The van der Waals surface area contributed by atoms with E-state index >= 15 is 0 Å². The van der Waals surface area contributed by atoms with Gasteiger partial charge in [0.05, 0.1) is 6.61 Å². The van der Waals surface area contributed by atoms with Crippen molar-refractivity contribution in [2.24, 2.45) is 0 Å². The number of hydrogen-bond acceptors (Lipinski definition) is 4. The maximum atomic E-state index is 11.8. The number of ether oxygens (including phenoxy) is 2. The average molecular weight is 277 g/mol. The summed E-state index contributed by atoms with van der Waals surface area (Å²) in [7, 11) is 1.97. The Balaban J connectivity index is 2.18. The van der Waals surface area contributed by atoms with Gasteiger partial charge in [-0.15, -0.1) is 0 Å². The molecule has 110 valence electrons. The van der Waals surface area contributed by atoms with Gasteiger partial charge < -0.3 is 14.8 Å². The number of rotatable bonds is 6. The van der Waals surface area contributed by atoms with Gasteiger partial charge in [-0.05, 0) is 50.4 Å². The molecular formula is C16H23NO3. The largest absolute Gasteiger partial charge is 0.478 e. The van der Waals surface area contributed by atoms with Gasteiger partial charge >= 0.3 is 5.97 Å². The summed E-state index contributed by atoms with van der Waals surface area (Å²) in [6.45, 7) is 4.12. The van der Waals surface area contributed by atoms with Crippen LogP contribution in [0.15, 0.2) is 18.2 Å². The first-order chi connectivity index (χ1) is 9.71. The van der Waals surface area contributed by atoms with Gasteiger partial charge in [-0.3, -0.25) is 0 Å². The Morgan fingerprint density at radius 2 is 2.25 bits per heavy atom. The van der Waals surface area contributed by atoms with Gasteiger partial charge in [-0.25, -0.2) is 4.79 Å². The second-order valence-corrected chi connectivity index (χ2v) is 4.97. The Morgan fingerprint density at radius 1 is 1.45 bits per heavy atom. The fourth-order valence-corrected chi connectivity index (χ4v) is 2.72. The Kier molecular flexibility index (Phi) is 5.01. The van der Waals surface area contributed by atoms with Crippen molar-refractivity contribution in [3.63, 3.8) is 0 Å². The van der Waals surface area contributed by atoms with E-state index < -0.39 is 6.10 Å². The molecule has 1 aromatic carbocycles. The lowest BCUT2D eigenvalue weighted by Gasteiger charge is -2.18. The molecular weight excluding hydrogens is 254 g/mol. The molecule has 0 aromatic heterocycles. The summed E-state index contributed by atoms with van der Waals surface area (Å²) in [5.74, 6) is 0.538. The first-order valence-corrected chi connectivity index (χ1v) is 7.33. The molecule has 20 heavy (non-hydrogen) atoms. The molecule has 4 nitrogen and oxygen atoms in total. The van der Waals surface area contributed by atoms with Crippen LogP contribution in [0.25, 0.3) is 0 Å². The third-order valence-electron chi connectivity index (χ3n) is 3.77. The van der Waals surface area contributed by atoms with E-state index in [1.165, 1.54) is 11.1 Å². The zero-order chi connectivity index (χ0) is 14.5. The van der Waals surface area contributed by atoms with E-state index in [2.05, 4.69) is 11.4 Å². The standard InChI is InChI=1S/C16H23NO3/c1-4-14(16(18)19-5-2)20-15-8-6-7-11-12(15)9-10-13(11)17-3/h6-8,13-14,17H,4-5,9-10H2,1-3H3. The molecule has 0 amide bonds. The SMILES string of the molecule is CCOC(=O)C(CC)Oc1cccc2c1CCC2NC. The van der Waals surface area contributed by atoms with E-state index in [-0.39, 0.29) is 5.97 Å². The third kappa shape index (κ3) is 2.96. The minimum atomic E-state index is -0.518. The van der Waals surface area contributed by atoms with Crippen LogP contribution in [0.3, 0.4) is 0 Å². The highest BCUT2D eigenvalue weighted by molar-refractivity contribution is 5.75. The quantitative estimate of drug-likeness (QED) is 0.812. The molecule has 2 unspecified atom stereocenters. The Morgan fingerprint density at radius 3 is 2.90 bits per heavy atom. The van der Waals surface area contributed by atoms with Crippen molar-refractivity contribution in [2.45, 2.75) is 45.3 Å². The van der Waals surface area contributed by atoms with E-state index in [0.29, 0.717) is 19.1 Å². The highest BCUT2D eigenvalue weighted by atomic mass is 16.6. The number of esters is 1. The Labute approximate surface area is 120 Å². The molecule has 1 aromatic rings. The van der Waals surface area contributed by atoms with E-state index in [1.807, 2.05) is 33.0 Å². The summed E-state index contributed by atoms with van der Waals surface area (Å²) in [6, 6.07) is 6.44. The molecule has 0 fully saturated rings. The van der Waals surface area contributed by atoms with Gasteiger partial charge in [-0.2, -0.15) is 0 Å². The van der Waals surface area contributed by atoms with Crippen molar-refractivity contribution >= 4 is 5.97 Å². The van der Waals surface area contributed by atoms with Crippen molar-refractivity contribution in [2.75, 3.05) is 13.7 Å². The van der Waals surface area contributed by atoms with Gasteiger partial charge in [-0.1, -0.05) is 19.1 Å². The van der Waals surface area contributed by atoms with Crippen molar-refractivity contribution in [3.8, 4) is 5.75 Å². The number of benzene rings is 1. The first kappa shape index (κ1) is 14.9. The second kappa shape index (κ2) is 6.75. The van der Waals surface area contributed by atoms with Crippen LogP contribution in [0, 0.1) is 0 Å². The lowest BCUT2D eigenvalue weighted by Crippen LogP contribution is -2.29. The van der Waals surface area contributed by atoms with Crippen molar-refractivity contribution in [3.05, 3.63) is 29.3 Å². The van der Waals surface area contributed by atoms with E-state index in [4.69, 9.17) is 9.47 Å². The lowest BCUT2D eigenvalue weighted by atomic mass is 10.1. The molecule has 0 spiro atoms. The molecule has 0 bridgehead atoms. The third-order valence-corrected chi connectivity index (χ3v) is 3.77. The van der Waals surface area contributed by atoms with Crippen LogP contribution in [-0.2, 0) is 16.0 Å². The van der Waals surface area contributed by atoms with Gasteiger partial charge in [0.1, 0.15) is 5.75 Å². The molecule has 1 aliphatic rings. The number of fused-ring (bicyclic) bond motifs is 1. The predicted octanol–water partition coefficient (Wildman–Crippen LogP) is 2.61. The maximum absolute atomic E-state index is 11.8.